The molecule has 0 atom stereocenters. The van der Waals surface area contributed by atoms with Gasteiger partial charge in [-0.1, -0.05) is 44.2 Å². The van der Waals surface area contributed by atoms with Crippen molar-refractivity contribution in [2.75, 3.05) is 6.61 Å². The number of rotatable bonds is 7. The van der Waals surface area contributed by atoms with Gasteiger partial charge >= 0.3 is 5.69 Å². The molecule has 1 heterocycles. The first kappa shape index (κ1) is 17.9. The van der Waals surface area contributed by atoms with Crippen molar-refractivity contribution < 1.29 is 9.90 Å². The number of aliphatic hydroxyl groups is 1. The molecule has 6 heteroatoms. The van der Waals surface area contributed by atoms with Crippen molar-refractivity contribution in [3.63, 3.8) is 0 Å². The topological polar surface area (TPSA) is 92.2 Å². The molecule has 0 saturated carbocycles. The standard InChI is InChI=1S/C18H22N2O4/c1-12(2)16-15(10-13-6-4-3-5-7-13)19-18(24)20(17(16)23)11-14(22)8-9-21/h3-7,12,21H,8-11H2,1-2H3,(H,19,24). The Balaban J connectivity index is 2.48. The maximum Gasteiger partial charge on any atom is 0.328 e. The molecule has 2 aromatic rings. The van der Waals surface area contributed by atoms with Crippen LogP contribution in [0.3, 0.4) is 0 Å². The van der Waals surface area contributed by atoms with Gasteiger partial charge in [0.15, 0.2) is 5.78 Å². The van der Waals surface area contributed by atoms with Crippen molar-refractivity contribution in [3.8, 4) is 0 Å². The summed E-state index contributed by atoms with van der Waals surface area (Å²) in [5.41, 5.74) is 1.04. The van der Waals surface area contributed by atoms with Crippen molar-refractivity contribution >= 4 is 5.78 Å². The summed E-state index contributed by atoms with van der Waals surface area (Å²) in [4.78, 5) is 39.4. The highest BCUT2D eigenvalue weighted by atomic mass is 16.3. The first-order valence-corrected chi connectivity index (χ1v) is 7.96. The first-order valence-electron chi connectivity index (χ1n) is 7.96. The molecule has 0 unspecified atom stereocenters. The molecule has 2 rings (SSSR count). The van der Waals surface area contributed by atoms with Crippen LogP contribution in [0.25, 0.3) is 0 Å². The summed E-state index contributed by atoms with van der Waals surface area (Å²) in [5.74, 6) is -0.442. The van der Waals surface area contributed by atoms with E-state index in [1.807, 2.05) is 44.2 Å². The molecular weight excluding hydrogens is 308 g/mol. The maximum atomic E-state index is 12.7. The number of aromatic amines is 1. The Morgan fingerprint density at radius 3 is 2.46 bits per heavy atom. The Bertz CT molecular complexity index is 819. The molecule has 2 N–H and O–H groups in total. The predicted octanol–water partition coefficient (Wildman–Crippen LogP) is 1.20. The fourth-order valence-corrected chi connectivity index (χ4v) is 2.69. The Kier molecular flexibility index (Phi) is 5.87. The summed E-state index contributed by atoms with van der Waals surface area (Å²) >= 11 is 0. The van der Waals surface area contributed by atoms with E-state index in [1.54, 1.807) is 0 Å². The number of ketones is 1. The zero-order chi connectivity index (χ0) is 17.7. The van der Waals surface area contributed by atoms with E-state index >= 15 is 0 Å². The summed E-state index contributed by atoms with van der Waals surface area (Å²) in [7, 11) is 0. The predicted molar refractivity (Wildman–Crippen MR) is 91.4 cm³/mol. The molecule has 1 aromatic heterocycles. The number of carbonyl (C=O) groups is 1. The van der Waals surface area contributed by atoms with Crippen molar-refractivity contribution in [2.24, 2.45) is 0 Å². The lowest BCUT2D eigenvalue weighted by molar-refractivity contribution is -0.120. The van der Waals surface area contributed by atoms with E-state index in [1.165, 1.54) is 0 Å². The van der Waals surface area contributed by atoms with Crippen molar-refractivity contribution in [1.82, 2.24) is 9.55 Å². The molecule has 0 aliphatic rings. The van der Waals surface area contributed by atoms with E-state index in [2.05, 4.69) is 4.98 Å². The molecule has 0 aliphatic heterocycles. The van der Waals surface area contributed by atoms with E-state index in [0.29, 0.717) is 17.7 Å². The lowest BCUT2D eigenvalue weighted by Gasteiger charge is -2.14. The Morgan fingerprint density at radius 2 is 1.88 bits per heavy atom. The smallest absolute Gasteiger partial charge is 0.328 e. The Labute approximate surface area is 139 Å². The van der Waals surface area contributed by atoms with Gasteiger partial charge in [-0.2, -0.15) is 0 Å². The summed E-state index contributed by atoms with van der Waals surface area (Å²) in [6.45, 7) is 3.14. The number of nitrogens with zero attached hydrogens (tertiary/aromatic N) is 1. The van der Waals surface area contributed by atoms with Crippen LogP contribution < -0.4 is 11.2 Å². The number of nitrogens with one attached hydrogen (secondary N) is 1. The van der Waals surface area contributed by atoms with Crippen molar-refractivity contribution in [1.29, 1.82) is 0 Å². The van der Waals surface area contributed by atoms with Crippen LogP contribution in [0.15, 0.2) is 39.9 Å². The molecule has 0 saturated heterocycles. The third-order valence-corrected chi connectivity index (χ3v) is 3.83. The van der Waals surface area contributed by atoms with E-state index in [9.17, 15) is 14.4 Å². The normalized spacial score (nSPS) is 11.0. The van der Waals surface area contributed by atoms with Gasteiger partial charge in [0.2, 0.25) is 0 Å². The Morgan fingerprint density at radius 1 is 1.21 bits per heavy atom. The van der Waals surface area contributed by atoms with Crippen molar-refractivity contribution in [2.45, 2.75) is 39.2 Å². The number of aliphatic hydroxyl groups excluding tert-OH is 1. The molecule has 128 valence electrons. The van der Waals surface area contributed by atoms with E-state index < -0.39 is 11.2 Å². The highest BCUT2D eigenvalue weighted by Gasteiger charge is 2.18. The SMILES string of the molecule is CC(C)c1c(Cc2ccccc2)[nH]c(=O)n(CC(=O)CCO)c1=O. The van der Waals surface area contributed by atoms with Crippen molar-refractivity contribution in [3.05, 3.63) is 68.0 Å². The average molecular weight is 330 g/mol. The van der Waals surface area contributed by atoms with Gasteiger partial charge in [0, 0.05) is 24.1 Å². The third-order valence-electron chi connectivity index (χ3n) is 3.83. The van der Waals surface area contributed by atoms with Crippen LogP contribution >= 0.6 is 0 Å². The van der Waals surface area contributed by atoms with Gasteiger partial charge in [-0.05, 0) is 11.5 Å². The minimum atomic E-state index is -0.596. The number of hydrogen-bond donors (Lipinski definition) is 2. The molecule has 24 heavy (non-hydrogen) atoms. The van der Waals surface area contributed by atoms with Crippen LogP contribution in [0.2, 0.25) is 0 Å². The van der Waals surface area contributed by atoms with E-state index in [-0.39, 0.29) is 31.3 Å². The molecule has 6 nitrogen and oxygen atoms in total. The molecule has 0 fully saturated rings. The molecule has 0 radical (unpaired) electrons. The quantitative estimate of drug-likeness (QED) is 0.798. The van der Waals surface area contributed by atoms with Gasteiger partial charge in [0.25, 0.3) is 5.56 Å². The van der Waals surface area contributed by atoms with Gasteiger partial charge in [0.05, 0.1) is 13.2 Å². The molecule has 1 aromatic carbocycles. The number of benzene rings is 1. The van der Waals surface area contributed by atoms with Crippen LogP contribution in [0, 0.1) is 0 Å². The van der Waals surface area contributed by atoms with Crippen LogP contribution in [0.1, 0.15) is 43.0 Å². The molecule has 0 spiro atoms. The molecule has 0 bridgehead atoms. The molecule has 0 aliphatic carbocycles. The lowest BCUT2D eigenvalue weighted by Crippen LogP contribution is -2.41. The lowest BCUT2D eigenvalue weighted by atomic mass is 9.98. The number of aromatic nitrogens is 2. The second-order valence-electron chi connectivity index (χ2n) is 6.04. The average Bonchev–Trinajstić information content (AvgIpc) is 2.52. The highest BCUT2D eigenvalue weighted by Crippen LogP contribution is 2.16. The van der Waals surface area contributed by atoms with Crippen LogP contribution in [0.5, 0.6) is 0 Å². The second kappa shape index (κ2) is 7.88. The van der Waals surface area contributed by atoms with Crippen LogP contribution in [-0.4, -0.2) is 27.0 Å². The summed E-state index contributed by atoms with van der Waals surface area (Å²) in [6, 6.07) is 9.56. The fraction of sp³-hybridized carbons (Fsp3) is 0.389. The van der Waals surface area contributed by atoms with Gasteiger partial charge < -0.3 is 10.1 Å². The highest BCUT2D eigenvalue weighted by molar-refractivity contribution is 5.78. The van der Waals surface area contributed by atoms with Gasteiger partial charge in [-0.15, -0.1) is 0 Å². The van der Waals surface area contributed by atoms with Gasteiger partial charge in [0.1, 0.15) is 0 Å². The monoisotopic (exact) mass is 330 g/mol. The number of H-pyrrole nitrogens is 1. The Hall–Kier alpha value is -2.47. The summed E-state index contributed by atoms with van der Waals surface area (Å²) in [5, 5.41) is 8.81. The van der Waals surface area contributed by atoms with E-state index in [0.717, 1.165) is 10.1 Å². The fourth-order valence-electron chi connectivity index (χ4n) is 2.69. The van der Waals surface area contributed by atoms with Crippen LogP contribution in [-0.2, 0) is 17.8 Å². The second-order valence-corrected chi connectivity index (χ2v) is 6.04. The minimum absolute atomic E-state index is 0.0747. The summed E-state index contributed by atoms with van der Waals surface area (Å²) in [6.07, 6.45) is 0.374. The van der Waals surface area contributed by atoms with Gasteiger partial charge in [-0.3, -0.25) is 14.2 Å². The molecule has 0 amide bonds. The maximum absolute atomic E-state index is 12.7. The zero-order valence-electron chi connectivity index (χ0n) is 13.9. The minimum Gasteiger partial charge on any atom is -0.396 e. The van der Waals surface area contributed by atoms with Crippen LogP contribution in [0.4, 0.5) is 0 Å². The number of carbonyl (C=O) groups excluding carboxylic acids is 1. The molecular formula is C18H22N2O4. The third kappa shape index (κ3) is 4.08. The number of hydrogen-bond acceptors (Lipinski definition) is 4. The number of Topliss-reactive ketones (excluding diaryl/α,β-unsaturated/α-hetero) is 1. The zero-order valence-corrected chi connectivity index (χ0v) is 13.9. The van der Waals surface area contributed by atoms with Gasteiger partial charge in [-0.25, -0.2) is 4.79 Å². The largest absolute Gasteiger partial charge is 0.396 e. The first-order chi connectivity index (χ1) is 11.4. The van der Waals surface area contributed by atoms with E-state index in [4.69, 9.17) is 5.11 Å². The summed E-state index contributed by atoms with van der Waals surface area (Å²) < 4.78 is 0.918.